The van der Waals surface area contributed by atoms with Crippen molar-refractivity contribution in [3.8, 4) is 22.8 Å². The molecule has 3 rings (SSSR count). The normalized spacial score (nSPS) is 11.5. The van der Waals surface area contributed by atoms with Gasteiger partial charge in [0.15, 0.2) is 21.4 Å². The van der Waals surface area contributed by atoms with Crippen LogP contribution in [0.25, 0.3) is 11.1 Å². The van der Waals surface area contributed by atoms with Crippen LogP contribution in [0.3, 0.4) is 0 Å². The topological polar surface area (TPSA) is 73.3 Å². The second kappa shape index (κ2) is 9.43. The van der Waals surface area contributed by atoms with E-state index in [4.69, 9.17) is 27.9 Å². The van der Waals surface area contributed by atoms with E-state index in [9.17, 15) is 22.0 Å². The van der Waals surface area contributed by atoms with Crippen LogP contribution >= 0.6 is 39.1 Å². The van der Waals surface area contributed by atoms with Gasteiger partial charge in [0.05, 0.1) is 15.1 Å². The van der Waals surface area contributed by atoms with Crippen molar-refractivity contribution in [3.05, 3.63) is 73.8 Å². The molecule has 2 aromatic carbocycles. The van der Waals surface area contributed by atoms with Gasteiger partial charge in [-0.1, -0.05) is 23.2 Å². The zero-order valence-corrected chi connectivity index (χ0v) is 20.5. The van der Waals surface area contributed by atoms with Gasteiger partial charge in [-0.2, -0.15) is 0 Å². The Bertz CT molecular complexity index is 1330. The molecule has 1 aromatic heterocycles. The predicted molar refractivity (Wildman–Crippen MR) is 123 cm³/mol. The van der Waals surface area contributed by atoms with Gasteiger partial charge < -0.3 is 4.74 Å². The molecule has 0 aliphatic rings. The Morgan fingerprint density at radius 3 is 2.41 bits per heavy atom. The van der Waals surface area contributed by atoms with Crippen molar-refractivity contribution in [1.82, 2.24) is 4.98 Å². The van der Waals surface area contributed by atoms with Crippen molar-refractivity contribution < 1.29 is 26.7 Å². The van der Waals surface area contributed by atoms with Crippen LogP contribution in [0.2, 0.25) is 10.0 Å². The molecule has 0 saturated heterocycles. The van der Waals surface area contributed by atoms with Gasteiger partial charge in [0.25, 0.3) is 0 Å². The lowest BCUT2D eigenvalue weighted by Crippen LogP contribution is -2.16. The van der Waals surface area contributed by atoms with Crippen LogP contribution in [0.4, 0.5) is 8.78 Å². The second-order valence-corrected chi connectivity index (χ2v) is 10.8. The number of aryl methyl sites for hydroxylation is 1. The lowest BCUT2D eigenvalue weighted by Gasteiger charge is -2.13. The summed E-state index contributed by atoms with van der Waals surface area (Å²) in [6.45, 7) is 1.75. The molecular formula is C21H14BrCl2F2NO4S. The summed E-state index contributed by atoms with van der Waals surface area (Å²) in [5.74, 6) is -3.45. The number of ether oxygens (including phenoxy) is 1. The van der Waals surface area contributed by atoms with E-state index in [-0.39, 0.29) is 22.0 Å². The predicted octanol–water partition coefficient (Wildman–Crippen LogP) is 6.42. The van der Waals surface area contributed by atoms with Gasteiger partial charge in [0.2, 0.25) is 5.88 Å². The molecule has 0 fully saturated rings. The van der Waals surface area contributed by atoms with Crippen molar-refractivity contribution in [3.63, 3.8) is 0 Å². The summed E-state index contributed by atoms with van der Waals surface area (Å²) in [6, 6.07) is 6.12. The standard InChI is InChI=1S/C21H14BrCl2F2NO4S/c1-10-3-12(23)5-16(24)20(10)31-21-15(22)4-11(8-27-21)13-6-18(26)14(7-17(13)25)19(28)9-32(2,29)30/h3-8H,9H2,1-2H3. The van der Waals surface area contributed by atoms with Gasteiger partial charge in [-0.05, 0) is 58.7 Å². The number of hydrogen-bond acceptors (Lipinski definition) is 5. The van der Waals surface area contributed by atoms with Gasteiger partial charge in [-0.3, -0.25) is 4.79 Å². The SMILES string of the molecule is Cc1cc(Cl)cc(Cl)c1Oc1ncc(-c2cc(F)c(C(=O)CS(C)(=O)=O)cc2F)cc1Br. The maximum Gasteiger partial charge on any atom is 0.233 e. The van der Waals surface area contributed by atoms with Crippen LogP contribution in [-0.4, -0.2) is 31.2 Å². The second-order valence-electron chi connectivity index (χ2n) is 6.95. The fourth-order valence-corrected chi connectivity index (χ4v) is 4.56. The zero-order chi connectivity index (χ0) is 23.8. The molecule has 32 heavy (non-hydrogen) atoms. The summed E-state index contributed by atoms with van der Waals surface area (Å²) < 4.78 is 57.8. The van der Waals surface area contributed by atoms with E-state index >= 15 is 0 Å². The molecule has 0 unspecified atom stereocenters. The van der Waals surface area contributed by atoms with Crippen molar-refractivity contribution in [1.29, 1.82) is 0 Å². The van der Waals surface area contributed by atoms with Crippen molar-refractivity contribution in [2.24, 2.45) is 0 Å². The minimum Gasteiger partial charge on any atom is -0.436 e. The first-order chi connectivity index (χ1) is 14.9. The monoisotopic (exact) mass is 563 g/mol. The third kappa shape index (κ3) is 5.64. The van der Waals surface area contributed by atoms with Gasteiger partial charge in [-0.25, -0.2) is 22.2 Å². The minimum atomic E-state index is -3.69. The molecule has 0 saturated carbocycles. The first-order valence-corrected chi connectivity index (χ1v) is 12.5. The molecule has 0 atom stereocenters. The number of Topliss-reactive ketones (excluding diaryl/α,β-unsaturated/α-hetero) is 1. The number of halogens is 5. The van der Waals surface area contributed by atoms with Crippen molar-refractivity contribution in [2.75, 3.05) is 12.0 Å². The zero-order valence-electron chi connectivity index (χ0n) is 16.5. The molecule has 0 amide bonds. The van der Waals surface area contributed by atoms with Crippen LogP contribution in [0.5, 0.6) is 11.6 Å². The molecule has 0 bridgehead atoms. The van der Waals surface area contributed by atoms with E-state index in [1.807, 2.05) is 0 Å². The lowest BCUT2D eigenvalue weighted by molar-refractivity contribution is 0.101. The van der Waals surface area contributed by atoms with E-state index in [0.717, 1.165) is 12.3 Å². The van der Waals surface area contributed by atoms with E-state index in [0.29, 0.717) is 26.9 Å². The van der Waals surface area contributed by atoms with Gasteiger partial charge >= 0.3 is 0 Å². The van der Waals surface area contributed by atoms with Crippen LogP contribution < -0.4 is 4.74 Å². The van der Waals surface area contributed by atoms with Gasteiger partial charge in [0.1, 0.15) is 17.4 Å². The molecular weight excluding hydrogens is 551 g/mol. The van der Waals surface area contributed by atoms with Crippen molar-refractivity contribution >= 4 is 54.8 Å². The third-order valence-electron chi connectivity index (χ3n) is 4.26. The quantitative estimate of drug-likeness (QED) is 0.323. The molecule has 0 radical (unpaired) electrons. The summed E-state index contributed by atoms with van der Waals surface area (Å²) in [6.07, 6.45) is 2.09. The van der Waals surface area contributed by atoms with Crippen LogP contribution in [0.1, 0.15) is 15.9 Å². The Morgan fingerprint density at radius 2 is 1.81 bits per heavy atom. The number of ketones is 1. The lowest BCUT2D eigenvalue weighted by atomic mass is 10.0. The highest BCUT2D eigenvalue weighted by molar-refractivity contribution is 9.10. The highest BCUT2D eigenvalue weighted by Crippen LogP contribution is 2.38. The van der Waals surface area contributed by atoms with Crippen molar-refractivity contribution in [2.45, 2.75) is 6.92 Å². The molecule has 0 N–H and O–H groups in total. The number of rotatable bonds is 6. The average molecular weight is 565 g/mol. The first kappa shape index (κ1) is 24.6. The number of pyridine rings is 1. The highest BCUT2D eigenvalue weighted by atomic mass is 79.9. The molecule has 1 heterocycles. The molecule has 3 aromatic rings. The molecule has 5 nitrogen and oxygen atoms in total. The fourth-order valence-electron chi connectivity index (χ4n) is 2.86. The van der Waals surface area contributed by atoms with E-state index in [2.05, 4.69) is 20.9 Å². The third-order valence-corrected chi connectivity index (χ3v) is 6.12. The number of sulfone groups is 1. The largest absolute Gasteiger partial charge is 0.436 e. The van der Waals surface area contributed by atoms with Gasteiger partial charge in [-0.15, -0.1) is 0 Å². The molecule has 0 aliphatic carbocycles. The summed E-state index contributed by atoms with van der Waals surface area (Å²) in [4.78, 5) is 16.1. The number of aromatic nitrogens is 1. The van der Waals surface area contributed by atoms with Gasteiger partial charge in [0, 0.05) is 28.6 Å². The number of carbonyl (C=O) groups is 1. The number of benzene rings is 2. The smallest absolute Gasteiger partial charge is 0.233 e. The molecule has 11 heteroatoms. The molecule has 168 valence electrons. The van der Waals surface area contributed by atoms with E-state index in [1.54, 1.807) is 13.0 Å². The maximum atomic E-state index is 14.7. The summed E-state index contributed by atoms with van der Waals surface area (Å²) in [5, 5.41) is 0.716. The summed E-state index contributed by atoms with van der Waals surface area (Å²) in [7, 11) is -3.69. The number of nitrogens with zero attached hydrogens (tertiary/aromatic N) is 1. The van der Waals surface area contributed by atoms with Crippen LogP contribution in [0.15, 0.2) is 41.0 Å². The minimum absolute atomic E-state index is 0.127. The Labute approximate surface area is 201 Å². The fraction of sp³-hybridized carbons (Fsp3) is 0.143. The highest BCUT2D eigenvalue weighted by Gasteiger charge is 2.21. The first-order valence-electron chi connectivity index (χ1n) is 8.85. The summed E-state index contributed by atoms with van der Waals surface area (Å²) >= 11 is 15.4. The van der Waals surface area contributed by atoms with Crippen LogP contribution in [0, 0.1) is 18.6 Å². The molecule has 0 spiro atoms. The average Bonchev–Trinajstić information content (AvgIpc) is 2.65. The Balaban J connectivity index is 1.94. The van der Waals surface area contributed by atoms with Crippen LogP contribution in [-0.2, 0) is 9.84 Å². The Kier molecular flexibility index (Phi) is 7.24. The Morgan fingerprint density at radius 1 is 1.12 bits per heavy atom. The van der Waals surface area contributed by atoms with E-state index < -0.39 is 38.6 Å². The molecule has 0 aliphatic heterocycles. The summed E-state index contributed by atoms with van der Waals surface area (Å²) in [5.41, 5.74) is 0.0553. The van der Waals surface area contributed by atoms with E-state index in [1.165, 1.54) is 18.3 Å². The maximum absolute atomic E-state index is 14.7. The Hall–Kier alpha value is -2.07. The number of hydrogen-bond donors (Lipinski definition) is 0. The number of carbonyl (C=O) groups excluding carboxylic acids is 1.